The van der Waals surface area contributed by atoms with Crippen LogP contribution in [0.15, 0.2) is 47.4 Å². The molecule has 0 saturated carbocycles. The van der Waals surface area contributed by atoms with Gasteiger partial charge in [0.25, 0.3) is 0 Å². The minimum absolute atomic E-state index is 0.259. The van der Waals surface area contributed by atoms with Gasteiger partial charge in [-0.2, -0.15) is 43.8 Å². The maximum absolute atomic E-state index is 13.4. The van der Waals surface area contributed by atoms with E-state index in [1.54, 1.807) is 0 Å². The third-order valence-electron chi connectivity index (χ3n) is 5.98. The van der Waals surface area contributed by atoms with Gasteiger partial charge in [0.1, 0.15) is 5.82 Å². The first-order valence-electron chi connectivity index (χ1n) is 10.4. The van der Waals surface area contributed by atoms with Crippen molar-refractivity contribution in [1.29, 1.82) is 0 Å². The highest BCUT2D eigenvalue weighted by molar-refractivity contribution is 7.89. The standard InChI is InChI=1S/C21H19F10N3O2S/c1-12-11-33(17-7-4-14(22)10-16(17)19(23,24)25)8-9-34(12)37(35,36)15-5-2-13(3-6-15)18(32,20(26,27)28)21(29,30)31/h2-7,10,12H,8-9,11,32H2,1H3/t12-/m1/s1. The maximum Gasteiger partial charge on any atom is 0.419 e. The summed E-state index contributed by atoms with van der Waals surface area (Å²) in [6, 6.07) is 2.78. The summed E-state index contributed by atoms with van der Waals surface area (Å²) in [6.07, 6.45) is -16.8. The summed E-state index contributed by atoms with van der Waals surface area (Å²) in [5, 5.41) is 0. The first-order valence-corrected chi connectivity index (χ1v) is 11.8. The zero-order valence-corrected chi connectivity index (χ0v) is 19.5. The second-order valence-electron chi connectivity index (χ2n) is 8.40. The zero-order chi connectivity index (χ0) is 28.2. The summed E-state index contributed by atoms with van der Waals surface area (Å²) in [6.45, 7) is 0.462. The largest absolute Gasteiger partial charge is 0.419 e. The van der Waals surface area contributed by atoms with Crippen molar-refractivity contribution < 1.29 is 52.3 Å². The van der Waals surface area contributed by atoms with E-state index in [0.29, 0.717) is 30.3 Å². The monoisotopic (exact) mass is 567 g/mol. The van der Waals surface area contributed by atoms with Gasteiger partial charge in [-0.25, -0.2) is 12.8 Å². The SMILES string of the molecule is C[C@@H]1CN(c2ccc(F)cc2C(F)(F)F)CCN1S(=O)(=O)c1ccc(C(N)(C(F)(F)F)C(F)(F)F)cc1. The van der Waals surface area contributed by atoms with Crippen LogP contribution in [-0.2, 0) is 21.7 Å². The number of nitrogens with zero attached hydrogens (tertiary/aromatic N) is 2. The Kier molecular flexibility index (Phi) is 7.29. The van der Waals surface area contributed by atoms with Gasteiger partial charge in [0, 0.05) is 31.4 Å². The van der Waals surface area contributed by atoms with E-state index in [-0.39, 0.29) is 25.3 Å². The lowest BCUT2D eigenvalue weighted by atomic mass is 9.89. The molecule has 0 amide bonds. The minimum atomic E-state index is -5.94. The smallest absolute Gasteiger partial charge is 0.368 e. The van der Waals surface area contributed by atoms with Crippen LogP contribution in [0, 0.1) is 5.82 Å². The number of halogens is 10. The summed E-state index contributed by atoms with van der Waals surface area (Å²) >= 11 is 0. The molecule has 2 aromatic rings. The first kappa shape index (κ1) is 29.0. The van der Waals surface area contributed by atoms with E-state index in [1.807, 2.05) is 0 Å². The number of hydrogen-bond donors (Lipinski definition) is 1. The molecule has 0 spiro atoms. The Morgan fingerprint density at radius 2 is 1.41 bits per heavy atom. The Balaban J connectivity index is 1.88. The average molecular weight is 567 g/mol. The summed E-state index contributed by atoms with van der Waals surface area (Å²) in [5.74, 6) is -1.12. The quantitative estimate of drug-likeness (QED) is 0.527. The number of benzene rings is 2. The number of hydrogen-bond acceptors (Lipinski definition) is 4. The van der Waals surface area contributed by atoms with Crippen molar-refractivity contribution >= 4 is 15.7 Å². The number of piperazine rings is 1. The van der Waals surface area contributed by atoms with Crippen molar-refractivity contribution in [1.82, 2.24) is 4.31 Å². The molecule has 206 valence electrons. The van der Waals surface area contributed by atoms with E-state index < -0.39 is 62.0 Å². The van der Waals surface area contributed by atoms with Crippen LogP contribution in [0.1, 0.15) is 18.1 Å². The Morgan fingerprint density at radius 3 is 1.86 bits per heavy atom. The molecule has 0 bridgehead atoms. The fraction of sp³-hybridized carbons (Fsp3) is 0.429. The predicted molar refractivity (Wildman–Crippen MR) is 111 cm³/mol. The number of anilines is 1. The number of sulfonamides is 1. The van der Waals surface area contributed by atoms with E-state index >= 15 is 0 Å². The van der Waals surface area contributed by atoms with Crippen LogP contribution in [0.2, 0.25) is 0 Å². The Morgan fingerprint density at radius 1 is 0.865 bits per heavy atom. The second-order valence-corrected chi connectivity index (χ2v) is 10.3. The topological polar surface area (TPSA) is 66.6 Å². The molecule has 1 atom stereocenters. The third-order valence-corrected chi connectivity index (χ3v) is 8.01. The summed E-state index contributed by atoms with van der Waals surface area (Å²) in [4.78, 5) is 0.568. The van der Waals surface area contributed by atoms with Gasteiger partial charge in [0.2, 0.25) is 15.6 Å². The Labute approximate surface area is 204 Å². The molecule has 0 unspecified atom stereocenters. The van der Waals surface area contributed by atoms with Gasteiger partial charge in [-0.3, -0.25) is 0 Å². The molecule has 37 heavy (non-hydrogen) atoms. The molecule has 0 aromatic heterocycles. The summed E-state index contributed by atoms with van der Waals surface area (Å²) in [7, 11) is -4.47. The van der Waals surface area contributed by atoms with Gasteiger partial charge in [-0.05, 0) is 42.8 Å². The zero-order valence-electron chi connectivity index (χ0n) is 18.7. The lowest BCUT2D eigenvalue weighted by Gasteiger charge is -2.41. The van der Waals surface area contributed by atoms with Gasteiger partial charge >= 0.3 is 18.5 Å². The fourth-order valence-electron chi connectivity index (χ4n) is 4.04. The van der Waals surface area contributed by atoms with E-state index in [0.717, 1.165) is 16.4 Å². The van der Waals surface area contributed by atoms with E-state index in [9.17, 15) is 52.3 Å². The molecule has 3 rings (SSSR count). The lowest BCUT2D eigenvalue weighted by Crippen LogP contribution is -2.60. The molecule has 5 nitrogen and oxygen atoms in total. The molecule has 1 heterocycles. The van der Waals surface area contributed by atoms with Crippen LogP contribution < -0.4 is 10.6 Å². The molecule has 1 fully saturated rings. The molecule has 0 radical (unpaired) electrons. The highest BCUT2D eigenvalue weighted by atomic mass is 32.2. The molecule has 0 aliphatic carbocycles. The lowest BCUT2D eigenvalue weighted by molar-refractivity contribution is -0.301. The molecule has 2 aromatic carbocycles. The van der Waals surface area contributed by atoms with Crippen molar-refractivity contribution in [3.8, 4) is 0 Å². The Bertz CT molecular complexity index is 1230. The number of nitrogens with two attached hydrogens (primary N) is 1. The van der Waals surface area contributed by atoms with Crippen LogP contribution in [0.4, 0.5) is 49.6 Å². The third kappa shape index (κ3) is 5.23. The maximum atomic E-state index is 13.4. The number of rotatable bonds is 4. The molecular weight excluding hydrogens is 548 g/mol. The van der Waals surface area contributed by atoms with Crippen LogP contribution >= 0.6 is 0 Å². The molecule has 16 heteroatoms. The van der Waals surface area contributed by atoms with Gasteiger partial charge in [-0.1, -0.05) is 12.1 Å². The van der Waals surface area contributed by atoms with Crippen molar-refractivity contribution in [3.05, 3.63) is 59.4 Å². The van der Waals surface area contributed by atoms with Crippen molar-refractivity contribution in [3.63, 3.8) is 0 Å². The molecule has 1 aliphatic rings. The first-order chi connectivity index (χ1) is 16.7. The normalized spacial score (nSPS) is 18.8. The van der Waals surface area contributed by atoms with Gasteiger partial charge < -0.3 is 10.6 Å². The van der Waals surface area contributed by atoms with Crippen molar-refractivity contribution in [2.45, 2.75) is 41.9 Å². The predicted octanol–water partition coefficient (Wildman–Crippen LogP) is 5.02. The molecule has 1 saturated heterocycles. The minimum Gasteiger partial charge on any atom is -0.368 e. The highest BCUT2D eigenvalue weighted by Gasteiger charge is 2.69. The van der Waals surface area contributed by atoms with Crippen LogP contribution in [0.5, 0.6) is 0 Å². The van der Waals surface area contributed by atoms with Crippen LogP contribution in [0.25, 0.3) is 0 Å². The van der Waals surface area contributed by atoms with Gasteiger partial charge in [-0.15, -0.1) is 0 Å². The van der Waals surface area contributed by atoms with Crippen molar-refractivity contribution in [2.24, 2.45) is 5.73 Å². The van der Waals surface area contributed by atoms with Crippen LogP contribution in [-0.4, -0.2) is 50.8 Å². The van der Waals surface area contributed by atoms with Crippen LogP contribution in [0.3, 0.4) is 0 Å². The summed E-state index contributed by atoms with van der Waals surface area (Å²) in [5.41, 5.74) is -3.11. The molecule has 2 N–H and O–H groups in total. The molecular formula is C21H19F10N3O2S. The van der Waals surface area contributed by atoms with Crippen molar-refractivity contribution in [2.75, 3.05) is 24.5 Å². The average Bonchev–Trinajstić information content (AvgIpc) is 2.76. The number of alkyl halides is 9. The van der Waals surface area contributed by atoms with E-state index in [2.05, 4.69) is 0 Å². The van der Waals surface area contributed by atoms with E-state index in [1.165, 1.54) is 11.8 Å². The van der Waals surface area contributed by atoms with Gasteiger partial charge in [0.05, 0.1) is 10.5 Å². The second kappa shape index (κ2) is 9.31. The fourth-order valence-corrected chi connectivity index (χ4v) is 5.65. The highest BCUT2D eigenvalue weighted by Crippen LogP contribution is 2.48. The van der Waals surface area contributed by atoms with Gasteiger partial charge in [0.15, 0.2) is 0 Å². The van der Waals surface area contributed by atoms with E-state index in [4.69, 9.17) is 5.73 Å². The summed E-state index contributed by atoms with van der Waals surface area (Å²) < 4.78 is 160. The molecule has 1 aliphatic heterocycles. The Hall–Kier alpha value is -2.59.